The zero-order chi connectivity index (χ0) is 21.5. The number of hydrogen-bond donors (Lipinski definition) is 0. The molecule has 0 unspecified atom stereocenters. The SMILES string of the molecule is CC1(C)C[C@](C)(c2ccccc2)c2ccccc2N1C(=O)c1cccc([N+](=O)[O-])c1. The van der Waals surface area contributed by atoms with E-state index in [4.69, 9.17) is 0 Å². The Morgan fingerprint density at radius 2 is 1.60 bits per heavy atom. The molecule has 3 aromatic rings. The molecule has 1 amide bonds. The lowest BCUT2D eigenvalue weighted by Crippen LogP contribution is -2.55. The zero-order valence-corrected chi connectivity index (χ0v) is 17.3. The number of rotatable bonds is 3. The van der Waals surface area contributed by atoms with E-state index >= 15 is 0 Å². The Labute approximate surface area is 176 Å². The summed E-state index contributed by atoms with van der Waals surface area (Å²) < 4.78 is 0. The van der Waals surface area contributed by atoms with Crippen LogP contribution in [0.15, 0.2) is 78.9 Å². The van der Waals surface area contributed by atoms with Crippen LogP contribution in [0.2, 0.25) is 0 Å². The lowest BCUT2D eigenvalue weighted by molar-refractivity contribution is -0.384. The Morgan fingerprint density at radius 3 is 2.30 bits per heavy atom. The number of carbonyl (C=O) groups is 1. The van der Waals surface area contributed by atoms with Crippen LogP contribution in [0.5, 0.6) is 0 Å². The molecule has 30 heavy (non-hydrogen) atoms. The third kappa shape index (κ3) is 3.16. The van der Waals surface area contributed by atoms with Gasteiger partial charge in [-0.2, -0.15) is 0 Å². The van der Waals surface area contributed by atoms with Crippen LogP contribution in [0.4, 0.5) is 11.4 Å². The Hall–Kier alpha value is -3.47. The van der Waals surface area contributed by atoms with Crippen molar-refractivity contribution < 1.29 is 9.72 Å². The van der Waals surface area contributed by atoms with Gasteiger partial charge in [-0.1, -0.05) is 61.5 Å². The number of hydrogen-bond acceptors (Lipinski definition) is 3. The first-order valence-electron chi connectivity index (χ1n) is 9.98. The lowest BCUT2D eigenvalue weighted by Gasteiger charge is -2.51. The molecule has 0 fully saturated rings. The molecule has 1 aliphatic heterocycles. The fraction of sp³-hybridized carbons (Fsp3) is 0.240. The molecule has 1 atom stereocenters. The van der Waals surface area contributed by atoms with Gasteiger partial charge in [0.2, 0.25) is 0 Å². The molecule has 0 N–H and O–H groups in total. The molecule has 1 aliphatic rings. The standard InChI is InChI=1S/C25H24N2O3/c1-24(2)17-25(3,19-11-5-4-6-12-19)21-14-7-8-15-22(21)26(24)23(28)18-10-9-13-20(16-18)27(29)30/h4-16H,17H2,1-3H3/t25-/m1/s1. The third-order valence-corrected chi connectivity index (χ3v) is 6.05. The Morgan fingerprint density at radius 1 is 0.933 bits per heavy atom. The highest BCUT2D eigenvalue weighted by Crippen LogP contribution is 2.50. The van der Waals surface area contributed by atoms with E-state index in [0.29, 0.717) is 5.56 Å². The van der Waals surface area contributed by atoms with E-state index in [9.17, 15) is 14.9 Å². The second-order valence-corrected chi connectivity index (χ2v) is 8.65. The van der Waals surface area contributed by atoms with Gasteiger partial charge in [-0.25, -0.2) is 0 Å². The summed E-state index contributed by atoms with van der Waals surface area (Å²) >= 11 is 0. The molecule has 0 bridgehead atoms. The first-order valence-corrected chi connectivity index (χ1v) is 9.98. The molecule has 5 heteroatoms. The zero-order valence-electron chi connectivity index (χ0n) is 17.3. The number of amides is 1. The molecule has 0 radical (unpaired) electrons. The van der Waals surface area contributed by atoms with Crippen LogP contribution in [0.1, 0.15) is 48.7 Å². The fourth-order valence-electron chi connectivity index (χ4n) is 4.83. The van der Waals surface area contributed by atoms with Crippen LogP contribution in [-0.2, 0) is 5.41 Å². The van der Waals surface area contributed by atoms with Crippen molar-refractivity contribution in [1.82, 2.24) is 0 Å². The number of anilines is 1. The number of non-ortho nitro benzene ring substituents is 1. The average molecular weight is 400 g/mol. The van der Waals surface area contributed by atoms with Crippen molar-refractivity contribution in [2.24, 2.45) is 0 Å². The van der Waals surface area contributed by atoms with Crippen LogP contribution in [0, 0.1) is 10.1 Å². The highest BCUT2D eigenvalue weighted by Gasteiger charge is 2.47. The number of nitro benzene ring substituents is 1. The predicted molar refractivity (Wildman–Crippen MR) is 118 cm³/mol. The molecule has 0 spiro atoms. The first-order chi connectivity index (χ1) is 14.2. The van der Waals surface area contributed by atoms with Gasteiger partial charge in [-0.05, 0) is 43.5 Å². The van der Waals surface area contributed by atoms with Gasteiger partial charge in [0.25, 0.3) is 11.6 Å². The normalized spacial score (nSPS) is 19.8. The number of para-hydroxylation sites is 1. The number of benzene rings is 3. The van der Waals surface area contributed by atoms with Crippen molar-refractivity contribution in [3.05, 3.63) is 106 Å². The van der Waals surface area contributed by atoms with E-state index < -0.39 is 10.5 Å². The van der Waals surface area contributed by atoms with Gasteiger partial charge < -0.3 is 4.90 Å². The molecule has 5 nitrogen and oxygen atoms in total. The summed E-state index contributed by atoms with van der Waals surface area (Å²) in [5.41, 5.74) is 2.59. The summed E-state index contributed by atoms with van der Waals surface area (Å²) in [7, 11) is 0. The van der Waals surface area contributed by atoms with Gasteiger partial charge in [-0.15, -0.1) is 0 Å². The van der Waals surface area contributed by atoms with Gasteiger partial charge in [0, 0.05) is 34.3 Å². The molecular weight excluding hydrogens is 376 g/mol. The Balaban J connectivity index is 1.87. The van der Waals surface area contributed by atoms with E-state index in [1.165, 1.54) is 17.7 Å². The maximum Gasteiger partial charge on any atom is 0.270 e. The van der Waals surface area contributed by atoms with Crippen LogP contribution in [0.25, 0.3) is 0 Å². The van der Waals surface area contributed by atoms with E-state index in [0.717, 1.165) is 17.7 Å². The monoisotopic (exact) mass is 400 g/mol. The second-order valence-electron chi connectivity index (χ2n) is 8.65. The highest BCUT2D eigenvalue weighted by molar-refractivity contribution is 6.08. The summed E-state index contributed by atoms with van der Waals surface area (Å²) in [5.74, 6) is -0.230. The minimum Gasteiger partial charge on any atom is -0.302 e. The summed E-state index contributed by atoms with van der Waals surface area (Å²) in [5, 5.41) is 11.2. The molecule has 0 saturated heterocycles. The maximum atomic E-state index is 13.6. The smallest absolute Gasteiger partial charge is 0.270 e. The van der Waals surface area contributed by atoms with Crippen molar-refractivity contribution in [2.45, 2.75) is 38.1 Å². The van der Waals surface area contributed by atoms with Crippen LogP contribution in [0.3, 0.4) is 0 Å². The number of nitro groups is 1. The van der Waals surface area contributed by atoms with Gasteiger partial charge >= 0.3 is 0 Å². The molecule has 3 aromatic carbocycles. The number of carbonyl (C=O) groups excluding carboxylic acids is 1. The van der Waals surface area contributed by atoms with E-state index in [1.54, 1.807) is 17.0 Å². The fourth-order valence-corrected chi connectivity index (χ4v) is 4.83. The summed E-state index contributed by atoms with van der Waals surface area (Å²) in [6.07, 6.45) is 0.724. The summed E-state index contributed by atoms with van der Waals surface area (Å²) in [6.45, 7) is 6.33. The average Bonchev–Trinajstić information content (AvgIpc) is 2.73. The number of fused-ring (bicyclic) bond motifs is 1. The first kappa shape index (κ1) is 19.8. The lowest BCUT2D eigenvalue weighted by atomic mass is 9.65. The summed E-state index contributed by atoms with van der Waals surface area (Å²) in [4.78, 5) is 26.1. The molecule has 0 saturated carbocycles. The molecule has 0 aromatic heterocycles. The minimum absolute atomic E-state index is 0.0851. The molecule has 4 rings (SSSR count). The minimum atomic E-state index is -0.499. The quantitative estimate of drug-likeness (QED) is 0.417. The summed E-state index contributed by atoms with van der Waals surface area (Å²) in [6, 6.07) is 24.3. The Kier molecular flexibility index (Phi) is 4.69. The maximum absolute atomic E-state index is 13.6. The van der Waals surface area contributed by atoms with Crippen molar-refractivity contribution >= 4 is 17.3 Å². The Bertz CT molecular complexity index is 1120. The van der Waals surface area contributed by atoms with Crippen molar-refractivity contribution in [3.63, 3.8) is 0 Å². The van der Waals surface area contributed by atoms with Gasteiger partial charge in [0.1, 0.15) is 0 Å². The van der Waals surface area contributed by atoms with Crippen LogP contribution < -0.4 is 4.90 Å². The van der Waals surface area contributed by atoms with Crippen LogP contribution >= 0.6 is 0 Å². The van der Waals surface area contributed by atoms with Crippen molar-refractivity contribution in [1.29, 1.82) is 0 Å². The van der Waals surface area contributed by atoms with Crippen LogP contribution in [-0.4, -0.2) is 16.4 Å². The van der Waals surface area contributed by atoms with Gasteiger partial charge in [0.15, 0.2) is 0 Å². The largest absolute Gasteiger partial charge is 0.302 e. The highest BCUT2D eigenvalue weighted by atomic mass is 16.6. The van der Waals surface area contributed by atoms with Gasteiger partial charge in [-0.3, -0.25) is 14.9 Å². The molecular formula is C25H24N2O3. The van der Waals surface area contributed by atoms with Crippen molar-refractivity contribution in [2.75, 3.05) is 4.90 Å². The second kappa shape index (κ2) is 7.10. The third-order valence-electron chi connectivity index (χ3n) is 6.05. The molecule has 1 heterocycles. The number of nitrogens with zero attached hydrogens (tertiary/aromatic N) is 2. The topological polar surface area (TPSA) is 63.5 Å². The molecule has 152 valence electrons. The van der Waals surface area contributed by atoms with Gasteiger partial charge in [0.05, 0.1) is 4.92 Å². The van der Waals surface area contributed by atoms with E-state index in [-0.39, 0.29) is 17.0 Å². The van der Waals surface area contributed by atoms with Crippen molar-refractivity contribution in [3.8, 4) is 0 Å². The van der Waals surface area contributed by atoms with E-state index in [1.807, 2.05) is 36.4 Å². The molecule has 0 aliphatic carbocycles. The predicted octanol–water partition coefficient (Wildman–Crippen LogP) is 5.73. The van der Waals surface area contributed by atoms with E-state index in [2.05, 4.69) is 39.0 Å².